The van der Waals surface area contributed by atoms with E-state index in [2.05, 4.69) is 32.6 Å². The van der Waals surface area contributed by atoms with Gasteiger partial charge in [0.25, 0.3) is 0 Å². The van der Waals surface area contributed by atoms with E-state index in [-0.39, 0.29) is 5.41 Å². The first-order valence-corrected chi connectivity index (χ1v) is 3.38. The minimum absolute atomic E-state index is 0.0758. The molecule has 0 fully saturated rings. The van der Waals surface area contributed by atoms with Gasteiger partial charge < -0.3 is 0 Å². The molecule has 0 heterocycles. The molecule has 0 aliphatic carbocycles. The Kier molecular flexibility index (Phi) is 3.83. The molecule has 0 atom stereocenters. The second-order valence-electron chi connectivity index (χ2n) is 3.13. The SMILES string of the molecule is CC(C)(C)C#C/C=C/C[NH]. The molecule has 10 heavy (non-hydrogen) atoms. The Morgan fingerprint density at radius 3 is 2.40 bits per heavy atom. The van der Waals surface area contributed by atoms with Crippen molar-refractivity contribution < 1.29 is 0 Å². The van der Waals surface area contributed by atoms with Crippen molar-refractivity contribution in [1.82, 2.24) is 5.73 Å². The van der Waals surface area contributed by atoms with Gasteiger partial charge in [-0.2, -0.15) is 0 Å². The van der Waals surface area contributed by atoms with Crippen LogP contribution in [0, 0.1) is 17.3 Å². The van der Waals surface area contributed by atoms with Crippen molar-refractivity contribution in [3.63, 3.8) is 0 Å². The third-order valence-electron chi connectivity index (χ3n) is 0.766. The highest BCUT2D eigenvalue weighted by atomic mass is 14.5. The van der Waals surface area contributed by atoms with Gasteiger partial charge in [0, 0.05) is 12.0 Å². The van der Waals surface area contributed by atoms with Crippen molar-refractivity contribution in [2.75, 3.05) is 6.54 Å². The maximum Gasteiger partial charge on any atom is 0.0290 e. The molecule has 0 saturated carbocycles. The van der Waals surface area contributed by atoms with Crippen molar-refractivity contribution in [2.45, 2.75) is 20.8 Å². The minimum Gasteiger partial charge on any atom is -0.254 e. The summed E-state index contributed by atoms with van der Waals surface area (Å²) in [6.07, 6.45) is 3.47. The smallest absolute Gasteiger partial charge is 0.0290 e. The summed E-state index contributed by atoms with van der Waals surface area (Å²) in [5.74, 6) is 5.91. The fourth-order valence-electron chi connectivity index (χ4n) is 0.376. The molecule has 0 aromatic rings. The summed E-state index contributed by atoms with van der Waals surface area (Å²) in [6, 6.07) is 0. The van der Waals surface area contributed by atoms with Gasteiger partial charge in [0.1, 0.15) is 0 Å². The Hall–Kier alpha value is -0.740. The zero-order chi connectivity index (χ0) is 8.04. The van der Waals surface area contributed by atoms with Crippen LogP contribution in [0.3, 0.4) is 0 Å². The standard InChI is InChI=1S/C9H14N/c1-9(2,3)7-5-4-6-8-10/h4,6,10H,8H2,1-3H3/b6-4+. The van der Waals surface area contributed by atoms with E-state index in [1.54, 1.807) is 12.2 Å². The molecule has 55 valence electrons. The Bertz CT molecular complexity index is 161. The zero-order valence-electron chi connectivity index (χ0n) is 6.86. The maximum atomic E-state index is 6.78. The van der Waals surface area contributed by atoms with Crippen LogP contribution in [-0.2, 0) is 0 Å². The van der Waals surface area contributed by atoms with Crippen LogP contribution in [-0.4, -0.2) is 6.54 Å². The highest BCUT2D eigenvalue weighted by Gasteiger charge is 2.01. The van der Waals surface area contributed by atoms with Gasteiger partial charge in [0.15, 0.2) is 0 Å². The van der Waals surface area contributed by atoms with E-state index in [4.69, 9.17) is 5.73 Å². The van der Waals surface area contributed by atoms with Gasteiger partial charge in [0.05, 0.1) is 0 Å². The molecule has 1 heteroatoms. The summed E-state index contributed by atoms with van der Waals surface area (Å²) < 4.78 is 0. The van der Waals surface area contributed by atoms with Crippen LogP contribution in [0.25, 0.3) is 0 Å². The lowest BCUT2D eigenvalue weighted by atomic mass is 9.98. The first-order valence-electron chi connectivity index (χ1n) is 3.38. The number of hydrogen-bond donors (Lipinski definition) is 0. The van der Waals surface area contributed by atoms with Gasteiger partial charge in [-0.1, -0.05) is 17.9 Å². The fourth-order valence-corrected chi connectivity index (χ4v) is 0.376. The van der Waals surface area contributed by atoms with Crippen molar-refractivity contribution in [2.24, 2.45) is 5.41 Å². The molecular formula is C9H14N. The summed E-state index contributed by atoms with van der Waals surface area (Å²) >= 11 is 0. The van der Waals surface area contributed by atoms with Crippen LogP contribution in [0.1, 0.15) is 20.8 Å². The molecule has 1 N–H and O–H groups in total. The van der Waals surface area contributed by atoms with Crippen LogP contribution in [0.5, 0.6) is 0 Å². The van der Waals surface area contributed by atoms with Gasteiger partial charge in [-0.25, -0.2) is 0 Å². The molecule has 0 aromatic heterocycles. The number of allylic oxidation sites excluding steroid dienone is 1. The number of rotatable bonds is 1. The highest BCUT2D eigenvalue weighted by Crippen LogP contribution is 2.09. The van der Waals surface area contributed by atoms with E-state index in [1.807, 2.05) is 0 Å². The molecular weight excluding hydrogens is 122 g/mol. The van der Waals surface area contributed by atoms with E-state index >= 15 is 0 Å². The quantitative estimate of drug-likeness (QED) is 0.491. The largest absolute Gasteiger partial charge is 0.254 e. The predicted molar refractivity (Wildman–Crippen MR) is 44.3 cm³/mol. The van der Waals surface area contributed by atoms with Gasteiger partial charge in [-0.3, -0.25) is 5.73 Å². The minimum atomic E-state index is 0.0758. The molecule has 1 nitrogen and oxygen atoms in total. The van der Waals surface area contributed by atoms with Crippen LogP contribution in [0.15, 0.2) is 12.2 Å². The third kappa shape index (κ3) is 7.26. The Balaban J connectivity index is 3.81. The van der Waals surface area contributed by atoms with E-state index in [9.17, 15) is 0 Å². The molecule has 0 aromatic carbocycles. The van der Waals surface area contributed by atoms with E-state index in [0.29, 0.717) is 6.54 Å². The van der Waals surface area contributed by atoms with E-state index < -0.39 is 0 Å². The first kappa shape index (κ1) is 9.26. The van der Waals surface area contributed by atoms with Crippen molar-refractivity contribution in [1.29, 1.82) is 0 Å². The molecule has 0 bridgehead atoms. The van der Waals surface area contributed by atoms with Gasteiger partial charge in [-0.05, 0) is 26.8 Å². The lowest BCUT2D eigenvalue weighted by Crippen LogP contribution is -1.98. The molecule has 0 amide bonds. The summed E-state index contributed by atoms with van der Waals surface area (Å²) in [7, 11) is 0. The van der Waals surface area contributed by atoms with Gasteiger partial charge in [-0.15, -0.1) is 0 Å². The van der Waals surface area contributed by atoms with Crippen LogP contribution in [0.2, 0.25) is 0 Å². The monoisotopic (exact) mass is 136 g/mol. The molecule has 0 aliphatic rings. The van der Waals surface area contributed by atoms with E-state index in [1.165, 1.54) is 0 Å². The summed E-state index contributed by atoms with van der Waals surface area (Å²) in [6.45, 7) is 6.51. The second kappa shape index (κ2) is 4.14. The predicted octanol–water partition coefficient (Wildman–Crippen LogP) is 1.87. The third-order valence-corrected chi connectivity index (χ3v) is 0.766. The van der Waals surface area contributed by atoms with Crippen molar-refractivity contribution in [3.8, 4) is 11.8 Å². The van der Waals surface area contributed by atoms with Gasteiger partial charge >= 0.3 is 0 Å². The first-order chi connectivity index (χ1) is 4.56. The lowest BCUT2D eigenvalue weighted by Gasteiger charge is -2.05. The summed E-state index contributed by atoms with van der Waals surface area (Å²) in [4.78, 5) is 0. The Morgan fingerprint density at radius 1 is 1.40 bits per heavy atom. The number of nitrogens with one attached hydrogen (secondary N) is 1. The van der Waals surface area contributed by atoms with Crippen LogP contribution >= 0.6 is 0 Å². The lowest BCUT2D eigenvalue weighted by molar-refractivity contribution is 0.571. The number of hydrogen-bond acceptors (Lipinski definition) is 0. The molecule has 0 spiro atoms. The topological polar surface area (TPSA) is 23.8 Å². The van der Waals surface area contributed by atoms with Gasteiger partial charge in [0.2, 0.25) is 0 Å². The molecule has 0 unspecified atom stereocenters. The zero-order valence-corrected chi connectivity index (χ0v) is 6.86. The Morgan fingerprint density at radius 2 is 2.00 bits per heavy atom. The molecule has 0 aliphatic heterocycles. The highest BCUT2D eigenvalue weighted by molar-refractivity contribution is 5.18. The molecule has 0 rings (SSSR count). The van der Waals surface area contributed by atoms with E-state index in [0.717, 1.165) is 0 Å². The maximum absolute atomic E-state index is 6.78. The molecule has 1 radical (unpaired) electrons. The fraction of sp³-hybridized carbons (Fsp3) is 0.556. The average Bonchev–Trinajstić information content (AvgIpc) is 1.78. The Labute approximate surface area is 63.3 Å². The normalized spacial score (nSPS) is 11.2. The van der Waals surface area contributed by atoms with Crippen molar-refractivity contribution in [3.05, 3.63) is 12.2 Å². The second-order valence-corrected chi connectivity index (χ2v) is 3.13. The average molecular weight is 136 g/mol. The summed E-state index contributed by atoms with van der Waals surface area (Å²) in [5.41, 5.74) is 6.86. The van der Waals surface area contributed by atoms with Crippen molar-refractivity contribution >= 4 is 0 Å². The van der Waals surface area contributed by atoms with Crippen LogP contribution in [0.4, 0.5) is 0 Å². The summed E-state index contributed by atoms with van der Waals surface area (Å²) in [5, 5.41) is 0. The van der Waals surface area contributed by atoms with Crippen LogP contribution < -0.4 is 5.73 Å². The molecule has 0 saturated heterocycles.